The number of hydrogen-bond donors (Lipinski definition) is 1. The van der Waals surface area contributed by atoms with Crippen LogP contribution in [0, 0.1) is 24.7 Å². The van der Waals surface area contributed by atoms with Crippen molar-refractivity contribution >= 4 is 0 Å². The number of nitrogens with one attached hydrogen (secondary N) is 1. The van der Waals surface area contributed by atoms with Crippen LogP contribution in [0.25, 0.3) is 0 Å². The van der Waals surface area contributed by atoms with Gasteiger partial charge in [0.05, 0.1) is 0 Å². The van der Waals surface area contributed by atoms with E-state index < -0.39 is 0 Å². The molecule has 3 rings (SSSR count). The predicted molar refractivity (Wildman–Crippen MR) is 65.1 cm³/mol. The highest BCUT2D eigenvalue weighted by Gasteiger charge is 2.47. The molecule has 2 heteroatoms. The standard InChI is InChI=1S/C14H20N2/c1-9-3-13(8-16-7-9)14(15-2)12-5-10-4-11(10)6-12/h3,7-8,10-12,14-15H,4-6H2,1-2H3. The second kappa shape index (κ2) is 3.85. The molecule has 2 nitrogen and oxygen atoms in total. The van der Waals surface area contributed by atoms with Gasteiger partial charge in [-0.25, -0.2) is 0 Å². The maximum absolute atomic E-state index is 4.31. The highest BCUT2D eigenvalue weighted by molar-refractivity contribution is 5.21. The summed E-state index contributed by atoms with van der Waals surface area (Å²) in [7, 11) is 2.08. The third-order valence-corrected chi connectivity index (χ3v) is 4.32. The summed E-state index contributed by atoms with van der Waals surface area (Å²) in [4.78, 5) is 4.31. The highest BCUT2D eigenvalue weighted by atomic mass is 14.9. The molecule has 0 amide bonds. The average Bonchev–Trinajstić information content (AvgIpc) is 2.88. The first-order valence-corrected chi connectivity index (χ1v) is 6.36. The molecule has 0 radical (unpaired) electrons. The Bertz CT molecular complexity index is 378. The maximum Gasteiger partial charge on any atom is 0.0361 e. The molecule has 2 saturated carbocycles. The van der Waals surface area contributed by atoms with Gasteiger partial charge in [0.25, 0.3) is 0 Å². The van der Waals surface area contributed by atoms with E-state index in [1.807, 2.05) is 12.4 Å². The number of nitrogens with zero attached hydrogens (tertiary/aromatic N) is 1. The fourth-order valence-electron chi connectivity index (χ4n) is 3.46. The van der Waals surface area contributed by atoms with Crippen molar-refractivity contribution in [3.8, 4) is 0 Å². The molecular formula is C14H20N2. The summed E-state index contributed by atoms with van der Waals surface area (Å²) in [5.41, 5.74) is 2.63. The lowest BCUT2D eigenvalue weighted by Gasteiger charge is -2.24. The van der Waals surface area contributed by atoms with Crippen LogP contribution >= 0.6 is 0 Å². The van der Waals surface area contributed by atoms with Crippen LogP contribution in [-0.2, 0) is 0 Å². The third-order valence-electron chi connectivity index (χ3n) is 4.32. The van der Waals surface area contributed by atoms with Gasteiger partial charge in [-0.1, -0.05) is 6.07 Å². The van der Waals surface area contributed by atoms with Gasteiger partial charge in [-0.2, -0.15) is 0 Å². The highest BCUT2D eigenvalue weighted by Crippen LogP contribution is 2.57. The monoisotopic (exact) mass is 216 g/mol. The van der Waals surface area contributed by atoms with Crippen LogP contribution in [0.3, 0.4) is 0 Å². The molecule has 1 aromatic rings. The molecule has 0 aromatic carbocycles. The Morgan fingerprint density at radius 3 is 2.62 bits per heavy atom. The Hall–Kier alpha value is -0.890. The second-order valence-corrected chi connectivity index (χ2v) is 5.55. The van der Waals surface area contributed by atoms with Crippen LogP contribution in [0.5, 0.6) is 0 Å². The maximum atomic E-state index is 4.31. The van der Waals surface area contributed by atoms with Gasteiger partial charge in [0.15, 0.2) is 0 Å². The lowest BCUT2D eigenvalue weighted by Crippen LogP contribution is -2.24. The smallest absolute Gasteiger partial charge is 0.0361 e. The molecule has 1 heterocycles. The van der Waals surface area contributed by atoms with Gasteiger partial charge >= 0.3 is 0 Å². The van der Waals surface area contributed by atoms with Gasteiger partial charge in [-0.15, -0.1) is 0 Å². The Balaban J connectivity index is 1.79. The molecule has 0 saturated heterocycles. The van der Waals surface area contributed by atoms with Crippen LogP contribution in [-0.4, -0.2) is 12.0 Å². The summed E-state index contributed by atoms with van der Waals surface area (Å²) < 4.78 is 0. The van der Waals surface area contributed by atoms with Gasteiger partial charge in [-0.05, 0) is 62.1 Å². The van der Waals surface area contributed by atoms with E-state index in [1.165, 1.54) is 30.4 Å². The number of rotatable bonds is 3. The number of aromatic nitrogens is 1. The summed E-state index contributed by atoms with van der Waals surface area (Å²) in [6, 6.07) is 2.79. The second-order valence-electron chi connectivity index (χ2n) is 5.55. The molecule has 2 fully saturated rings. The summed E-state index contributed by atoms with van der Waals surface area (Å²) in [5, 5.41) is 3.49. The minimum Gasteiger partial charge on any atom is -0.313 e. The van der Waals surface area contributed by atoms with Crippen LogP contribution in [0.15, 0.2) is 18.5 Å². The molecule has 86 valence electrons. The summed E-state index contributed by atoms with van der Waals surface area (Å²) in [5.74, 6) is 2.94. The van der Waals surface area contributed by atoms with E-state index in [-0.39, 0.29) is 0 Å². The zero-order valence-corrected chi connectivity index (χ0v) is 10.1. The Morgan fingerprint density at radius 1 is 1.25 bits per heavy atom. The zero-order chi connectivity index (χ0) is 11.1. The number of aryl methyl sites for hydroxylation is 1. The molecule has 0 spiro atoms. The molecule has 3 atom stereocenters. The quantitative estimate of drug-likeness (QED) is 0.840. The molecule has 2 aliphatic carbocycles. The van der Waals surface area contributed by atoms with Crippen molar-refractivity contribution in [1.29, 1.82) is 0 Å². The van der Waals surface area contributed by atoms with E-state index in [1.54, 1.807) is 0 Å². The molecule has 2 aliphatic rings. The molecular weight excluding hydrogens is 196 g/mol. The van der Waals surface area contributed by atoms with E-state index in [4.69, 9.17) is 0 Å². The Morgan fingerprint density at radius 2 is 2.00 bits per heavy atom. The van der Waals surface area contributed by atoms with Crippen molar-refractivity contribution < 1.29 is 0 Å². The molecule has 1 aromatic heterocycles. The van der Waals surface area contributed by atoms with Crippen LogP contribution in [0.2, 0.25) is 0 Å². The number of pyridine rings is 1. The van der Waals surface area contributed by atoms with Crippen molar-refractivity contribution in [1.82, 2.24) is 10.3 Å². The van der Waals surface area contributed by atoms with Crippen LogP contribution < -0.4 is 5.32 Å². The van der Waals surface area contributed by atoms with E-state index >= 15 is 0 Å². The normalized spacial score (nSPS) is 33.5. The van der Waals surface area contributed by atoms with Crippen molar-refractivity contribution in [3.05, 3.63) is 29.6 Å². The zero-order valence-electron chi connectivity index (χ0n) is 10.1. The largest absolute Gasteiger partial charge is 0.313 e. The number of hydrogen-bond acceptors (Lipinski definition) is 2. The minimum atomic E-state index is 0.514. The lowest BCUT2D eigenvalue weighted by atomic mass is 9.89. The fourth-order valence-corrected chi connectivity index (χ4v) is 3.46. The predicted octanol–water partition coefficient (Wildman–Crippen LogP) is 2.70. The molecule has 1 N–H and O–H groups in total. The van der Waals surface area contributed by atoms with E-state index in [9.17, 15) is 0 Å². The third kappa shape index (κ3) is 1.75. The van der Waals surface area contributed by atoms with E-state index in [0.29, 0.717) is 6.04 Å². The fraction of sp³-hybridized carbons (Fsp3) is 0.643. The van der Waals surface area contributed by atoms with E-state index in [0.717, 1.165) is 17.8 Å². The summed E-state index contributed by atoms with van der Waals surface area (Å²) in [6.45, 7) is 2.12. The number of fused-ring (bicyclic) bond motifs is 1. The van der Waals surface area contributed by atoms with Gasteiger partial charge in [0.1, 0.15) is 0 Å². The molecule has 0 bridgehead atoms. The lowest BCUT2D eigenvalue weighted by molar-refractivity contribution is 0.359. The van der Waals surface area contributed by atoms with Crippen molar-refractivity contribution in [2.24, 2.45) is 17.8 Å². The first-order valence-electron chi connectivity index (χ1n) is 6.36. The minimum absolute atomic E-state index is 0.514. The van der Waals surface area contributed by atoms with Gasteiger partial charge < -0.3 is 5.32 Å². The first-order chi connectivity index (χ1) is 7.78. The van der Waals surface area contributed by atoms with Gasteiger partial charge in [0.2, 0.25) is 0 Å². The Kier molecular flexibility index (Phi) is 2.47. The Labute approximate surface area is 97.5 Å². The van der Waals surface area contributed by atoms with E-state index in [2.05, 4.69) is 30.3 Å². The van der Waals surface area contributed by atoms with Crippen LogP contribution in [0.1, 0.15) is 36.4 Å². The van der Waals surface area contributed by atoms with Gasteiger partial charge in [-0.3, -0.25) is 4.98 Å². The SMILES string of the molecule is CNC(c1cncc(C)c1)C1CC2CC2C1. The van der Waals surface area contributed by atoms with Gasteiger partial charge in [0, 0.05) is 18.4 Å². The summed E-state index contributed by atoms with van der Waals surface area (Å²) in [6.07, 6.45) is 8.30. The van der Waals surface area contributed by atoms with Crippen LogP contribution in [0.4, 0.5) is 0 Å². The summed E-state index contributed by atoms with van der Waals surface area (Å²) >= 11 is 0. The molecule has 0 aliphatic heterocycles. The van der Waals surface area contributed by atoms with Crippen molar-refractivity contribution in [2.45, 2.75) is 32.2 Å². The average molecular weight is 216 g/mol. The molecule has 3 unspecified atom stereocenters. The first kappa shape index (κ1) is 10.3. The molecule has 16 heavy (non-hydrogen) atoms. The topological polar surface area (TPSA) is 24.9 Å². The van der Waals surface area contributed by atoms with Crippen molar-refractivity contribution in [2.75, 3.05) is 7.05 Å². The van der Waals surface area contributed by atoms with Crippen molar-refractivity contribution in [3.63, 3.8) is 0 Å².